The molecule has 0 saturated carbocycles. The number of aliphatic imine (C=N–C) groups is 1. The monoisotopic (exact) mass is 483 g/mol. The van der Waals surface area contributed by atoms with Crippen molar-refractivity contribution in [1.29, 1.82) is 0 Å². The van der Waals surface area contributed by atoms with Crippen molar-refractivity contribution in [2.75, 3.05) is 33.4 Å². The smallest absolute Gasteiger partial charge is 0.191 e. The third-order valence-electron chi connectivity index (χ3n) is 4.15. The number of hydrogen-bond acceptors (Lipinski definition) is 3. The van der Waals surface area contributed by atoms with Crippen LogP contribution >= 0.6 is 24.0 Å². The summed E-state index contributed by atoms with van der Waals surface area (Å²) in [7, 11) is 1.68. The number of nitrogens with zero attached hydrogens (tertiary/aromatic N) is 1. The number of guanidine groups is 1. The normalized spacial score (nSPS) is 12.0. The Balaban J connectivity index is 0.00000364. The van der Waals surface area contributed by atoms with E-state index in [1.165, 1.54) is 5.56 Å². The average molecular weight is 483 g/mol. The maximum Gasteiger partial charge on any atom is 0.191 e. The van der Waals surface area contributed by atoms with Crippen LogP contribution in [0.1, 0.15) is 24.0 Å². The first-order valence-corrected chi connectivity index (χ1v) is 9.07. The second kappa shape index (κ2) is 13.4. The maximum atomic E-state index is 9.67. The van der Waals surface area contributed by atoms with Gasteiger partial charge in [0.25, 0.3) is 0 Å². The molecule has 1 atom stereocenters. The number of rotatable bonds is 9. The van der Waals surface area contributed by atoms with E-state index in [1.54, 1.807) is 7.11 Å². The van der Waals surface area contributed by atoms with Crippen molar-refractivity contribution in [1.82, 2.24) is 10.6 Å². The summed E-state index contributed by atoms with van der Waals surface area (Å²) in [5.74, 6) is 1.64. The zero-order valence-electron chi connectivity index (χ0n) is 16.0. The molecule has 1 unspecified atom stereocenters. The van der Waals surface area contributed by atoms with Crippen LogP contribution < -0.4 is 15.4 Å². The lowest BCUT2D eigenvalue weighted by Gasteiger charge is -2.15. The van der Waals surface area contributed by atoms with Crippen molar-refractivity contribution in [3.8, 4) is 5.75 Å². The molecule has 0 saturated heterocycles. The van der Waals surface area contributed by atoms with Crippen LogP contribution in [0, 0.1) is 0 Å². The van der Waals surface area contributed by atoms with Gasteiger partial charge in [-0.1, -0.05) is 42.5 Å². The molecule has 0 aliphatic heterocycles. The Morgan fingerprint density at radius 2 is 1.89 bits per heavy atom. The summed E-state index contributed by atoms with van der Waals surface area (Å²) in [5, 5.41) is 16.3. The minimum absolute atomic E-state index is 0. The Morgan fingerprint density at radius 1 is 1.11 bits per heavy atom. The van der Waals surface area contributed by atoms with Crippen LogP contribution in [0.4, 0.5) is 0 Å². The first-order chi connectivity index (χ1) is 12.8. The summed E-state index contributed by atoms with van der Waals surface area (Å²) in [6.07, 6.45) is 0.879. The van der Waals surface area contributed by atoms with Gasteiger partial charge in [0.15, 0.2) is 5.96 Å². The number of methoxy groups -OCH3 is 1. The van der Waals surface area contributed by atoms with Gasteiger partial charge in [0, 0.05) is 19.0 Å². The average Bonchev–Trinajstić information content (AvgIpc) is 2.69. The highest BCUT2D eigenvalue weighted by Gasteiger charge is 2.10. The molecule has 0 aromatic heterocycles. The summed E-state index contributed by atoms with van der Waals surface area (Å²) in [6, 6.07) is 18.1. The Bertz CT molecular complexity index is 680. The molecule has 148 valence electrons. The van der Waals surface area contributed by atoms with E-state index in [-0.39, 0.29) is 36.5 Å². The molecule has 5 nitrogen and oxygen atoms in total. The Kier molecular flexibility index (Phi) is 11.5. The molecule has 0 radical (unpaired) electrons. The molecule has 2 aromatic rings. The molecular formula is C21H30IN3O2. The molecule has 2 rings (SSSR count). The Morgan fingerprint density at radius 3 is 2.56 bits per heavy atom. The van der Waals surface area contributed by atoms with Crippen LogP contribution in [-0.4, -0.2) is 44.4 Å². The fraction of sp³-hybridized carbons (Fsp3) is 0.381. The van der Waals surface area contributed by atoms with Gasteiger partial charge >= 0.3 is 0 Å². The fourth-order valence-corrected chi connectivity index (χ4v) is 2.69. The second-order valence-corrected chi connectivity index (χ2v) is 6.04. The van der Waals surface area contributed by atoms with Gasteiger partial charge in [-0.25, -0.2) is 0 Å². The van der Waals surface area contributed by atoms with E-state index in [0.717, 1.165) is 36.8 Å². The lowest BCUT2D eigenvalue weighted by Crippen LogP contribution is -2.38. The first-order valence-electron chi connectivity index (χ1n) is 9.07. The summed E-state index contributed by atoms with van der Waals surface area (Å²) < 4.78 is 5.26. The van der Waals surface area contributed by atoms with Crippen molar-refractivity contribution in [3.63, 3.8) is 0 Å². The van der Waals surface area contributed by atoms with Crippen molar-refractivity contribution < 1.29 is 9.84 Å². The van der Waals surface area contributed by atoms with Crippen LogP contribution in [-0.2, 0) is 6.42 Å². The van der Waals surface area contributed by atoms with Gasteiger partial charge in [-0.2, -0.15) is 0 Å². The van der Waals surface area contributed by atoms with E-state index in [1.807, 2.05) is 55.5 Å². The van der Waals surface area contributed by atoms with Gasteiger partial charge in [-0.15, -0.1) is 24.0 Å². The van der Waals surface area contributed by atoms with E-state index in [4.69, 9.17) is 4.74 Å². The highest BCUT2D eigenvalue weighted by molar-refractivity contribution is 14.0. The maximum absolute atomic E-state index is 9.67. The summed E-state index contributed by atoms with van der Waals surface area (Å²) >= 11 is 0. The van der Waals surface area contributed by atoms with Crippen LogP contribution in [0.2, 0.25) is 0 Å². The van der Waals surface area contributed by atoms with Crippen molar-refractivity contribution >= 4 is 29.9 Å². The van der Waals surface area contributed by atoms with Crippen molar-refractivity contribution in [3.05, 3.63) is 65.7 Å². The number of aliphatic hydroxyl groups is 1. The van der Waals surface area contributed by atoms with Gasteiger partial charge in [0.05, 0.1) is 20.3 Å². The summed E-state index contributed by atoms with van der Waals surface area (Å²) in [6.45, 7) is 4.22. The zero-order chi connectivity index (χ0) is 18.6. The number of ether oxygens (including phenoxy) is 1. The third kappa shape index (κ3) is 8.17. The molecule has 3 N–H and O–H groups in total. The standard InChI is InChI=1S/C21H29N3O2.HI/c1-3-22-21(23-13-12-17-8-7-11-20(14-17)26-2)24-15-19(16-25)18-9-5-4-6-10-18;/h4-11,14,19,25H,3,12-13,15-16H2,1-2H3,(H2,22,23,24);1H. The zero-order valence-corrected chi connectivity index (χ0v) is 18.4. The van der Waals surface area contributed by atoms with Crippen molar-refractivity contribution in [2.45, 2.75) is 19.3 Å². The largest absolute Gasteiger partial charge is 0.497 e. The summed E-state index contributed by atoms with van der Waals surface area (Å²) in [5.41, 5.74) is 2.32. The van der Waals surface area contributed by atoms with E-state index < -0.39 is 0 Å². The van der Waals surface area contributed by atoms with Crippen LogP contribution in [0.3, 0.4) is 0 Å². The molecule has 0 aliphatic rings. The highest BCUT2D eigenvalue weighted by atomic mass is 127. The van der Waals surface area contributed by atoms with E-state index in [2.05, 4.69) is 21.7 Å². The topological polar surface area (TPSA) is 65.9 Å². The van der Waals surface area contributed by atoms with Crippen LogP contribution in [0.15, 0.2) is 59.6 Å². The van der Waals surface area contributed by atoms with E-state index in [0.29, 0.717) is 6.54 Å². The quantitative estimate of drug-likeness (QED) is 0.291. The number of nitrogens with one attached hydrogen (secondary N) is 2. The molecule has 0 heterocycles. The molecule has 0 fully saturated rings. The van der Waals surface area contributed by atoms with E-state index >= 15 is 0 Å². The fourth-order valence-electron chi connectivity index (χ4n) is 2.69. The molecule has 0 spiro atoms. The Labute approximate surface area is 179 Å². The lowest BCUT2D eigenvalue weighted by atomic mass is 10.0. The SMILES string of the molecule is CCNC(=NCC(CO)c1ccccc1)NCCc1cccc(OC)c1.I. The predicted molar refractivity (Wildman–Crippen MR) is 122 cm³/mol. The predicted octanol–water partition coefficient (Wildman–Crippen LogP) is 3.19. The number of benzene rings is 2. The minimum Gasteiger partial charge on any atom is -0.497 e. The molecule has 6 heteroatoms. The van der Waals surface area contributed by atoms with Crippen molar-refractivity contribution in [2.24, 2.45) is 4.99 Å². The molecule has 2 aromatic carbocycles. The molecular weight excluding hydrogens is 453 g/mol. The molecule has 0 bridgehead atoms. The number of halogens is 1. The second-order valence-electron chi connectivity index (χ2n) is 6.04. The van der Waals surface area contributed by atoms with Gasteiger partial charge in [0.1, 0.15) is 5.75 Å². The van der Waals surface area contributed by atoms with Gasteiger partial charge in [-0.05, 0) is 36.6 Å². The molecule has 0 amide bonds. The first kappa shape index (κ1) is 23.2. The van der Waals surface area contributed by atoms with Gasteiger partial charge < -0.3 is 20.5 Å². The van der Waals surface area contributed by atoms with Crippen LogP contribution in [0.25, 0.3) is 0 Å². The molecule has 27 heavy (non-hydrogen) atoms. The summed E-state index contributed by atoms with van der Waals surface area (Å²) in [4.78, 5) is 4.64. The Hall–Kier alpha value is -1.80. The highest BCUT2D eigenvalue weighted by Crippen LogP contribution is 2.15. The van der Waals surface area contributed by atoms with Crippen LogP contribution in [0.5, 0.6) is 5.75 Å². The third-order valence-corrected chi connectivity index (χ3v) is 4.15. The van der Waals surface area contributed by atoms with Gasteiger partial charge in [0.2, 0.25) is 0 Å². The lowest BCUT2D eigenvalue weighted by molar-refractivity contribution is 0.268. The van der Waals surface area contributed by atoms with E-state index in [9.17, 15) is 5.11 Å². The van der Waals surface area contributed by atoms with Gasteiger partial charge in [-0.3, -0.25) is 4.99 Å². The number of aliphatic hydroxyl groups excluding tert-OH is 1. The molecule has 0 aliphatic carbocycles. The number of hydrogen-bond donors (Lipinski definition) is 3. The minimum atomic E-state index is 0.